The fourth-order valence-electron chi connectivity index (χ4n) is 1.84. The van der Waals surface area contributed by atoms with Gasteiger partial charge in [-0.05, 0) is 51.9 Å². The Kier molecular flexibility index (Phi) is 4.63. The van der Waals surface area contributed by atoms with Gasteiger partial charge in [-0.2, -0.15) is 0 Å². The van der Waals surface area contributed by atoms with Crippen LogP contribution in [0.4, 0.5) is 0 Å². The highest BCUT2D eigenvalue weighted by Crippen LogP contribution is 2.25. The molecule has 2 nitrogen and oxygen atoms in total. The van der Waals surface area contributed by atoms with Crippen molar-refractivity contribution in [1.29, 1.82) is 0 Å². The second-order valence-corrected chi connectivity index (χ2v) is 3.86. The van der Waals surface area contributed by atoms with Crippen LogP contribution in [-0.4, -0.2) is 20.2 Å². The quantitative estimate of drug-likeness (QED) is 0.801. The Morgan fingerprint density at radius 3 is 2.60 bits per heavy atom. The van der Waals surface area contributed by atoms with Gasteiger partial charge in [0.25, 0.3) is 0 Å². The number of hydrogen-bond acceptors (Lipinski definition) is 2. The minimum atomic E-state index is 0.733. The summed E-state index contributed by atoms with van der Waals surface area (Å²) in [5.41, 5.74) is 3.86. The summed E-state index contributed by atoms with van der Waals surface area (Å²) in [5, 5.41) is 3.17. The Morgan fingerprint density at radius 2 is 2.00 bits per heavy atom. The van der Waals surface area contributed by atoms with Gasteiger partial charge >= 0.3 is 0 Å². The molecule has 0 saturated heterocycles. The summed E-state index contributed by atoms with van der Waals surface area (Å²) >= 11 is 0. The van der Waals surface area contributed by atoms with Gasteiger partial charge < -0.3 is 10.1 Å². The normalized spacial score (nSPS) is 10.4. The summed E-state index contributed by atoms with van der Waals surface area (Å²) in [5.74, 6) is 1.07. The Morgan fingerprint density at radius 1 is 1.27 bits per heavy atom. The maximum Gasteiger partial charge on any atom is 0.125 e. The number of likely N-dealkylation sites (N-methyl/N-ethyl adjacent to an activating group) is 1. The number of aryl methyl sites for hydroxylation is 2. The monoisotopic (exact) mass is 207 g/mol. The van der Waals surface area contributed by atoms with Crippen LogP contribution in [0.2, 0.25) is 0 Å². The molecular formula is C13H21NO. The van der Waals surface area contributed by atoms with E-state index in [1.54, 1.807) is 0 Å². The molecule has 0 aliphatic heterocycles. The van der Waals surface area contributed by atoms with Crippen LogP contribution >= 0.6 is 0 Å². The lowest BCUT2D eigenvalue weighted by Crippen LogP contribution is -2.11. The van der Waals surface area contributed by atoms with Crippen molar-refractivity contribution >= 4 is 0 Å². The summed E-state index contributed by atoms with van der Waals surface area (Å²) in [6, 6.07) is 4.39. The third-order valence-corrected chi connectivity index (χ3v) is 2.43. The van der Waals surface area contributed by atoms with E-state index in [1.165, 1.54) is 16.7 Å². The molecular weight excluding hydrogens is 186 g/mol. The molecule has 0 bridgehead atoms. The average molecular weight is 207 g/mol. The van der Waals surface area contributed by atoms with E-state index in [2.05, 4.69) is 31.3 Å². The predicted octanol–water partition coefficient (Wildman–Crippen LogP) is 2.46. The molecule has 15 heavy (non-hydrogen) atoms. The van der Waals surface area contributed by atoms with E-state index in [0.29, 0.717) is 0 Å². The van der Waals surface area contributed by atoms with Crippen molar-refractivity contribution in [3.63, 3.8) is 0 Å². The van der Waals surface area contributed by atoms with E-state index in [-0.39, 0.29) is 0 Å². The minimum Gasteiger partial charge on any atom is -0.493 e. The fourth-order valence-corrected chi connectivity index (χ4v) is 1.84. The van der Waals surface area contributed by atoms with Crippen LogP contribution in [0.25, 0.3) is 0 Å². The van der Waals surface area contributed by atoms with E-state index in [1.807, 2.05) is 14.0 Å². The molecule has 1 rings (SSSR count). The van der Waals surface area contributed by atoms with Gasteiger partial charge in [-0.1, -0.05) is 17.7 Å². The zero-order chi connectivity index (χ0) is 11.3. The smallest absolute Gasteiger partial charge is 0.125 e. The number of benzene rings is 1. The maximum atomic E-state index is 5.69. The molecule has 0 unspecified atom stereocenters. The number of nitrogens with one attached hydrogen (secondary N) is 1. The molecule has 0 atom stereocenters. The van der Waals surface area contributed by atoms with Gasteiger partial charge in [0, 0.05) is 0 Å². The SMILES string of the molecule is CCOc1c(C)cc(C)cc1CCNC. The highest BCUT2D eigenvalue weighted by atomic mass is 16.5. The maximum absolute atomic E-state index is 5.69. The van der Waals surface area contributed by atoms with Crippen LogP contribution in [0, 0.1) is 13.8 Å². The standard InChI is InChI=1S/C13H21NO/c1-5-15-13-11(3)8-10(2)9-12(13)6-7-14-4/h8-9,14H,5-7H2,1-4H3. The lowest BCUT2D eigenvalue weighted by atomic mass is 10.0. The van der Waals surface area contributed by atoms with Gasteiger partial charge in [-0.3, -0.25) is 0 Å². The topological polar surface area (TPSA) is 21.3 Å². The highest BCUT2D eigenvalue weighted by Gasteiger charge is 2.07. The van der Waals surface area contributed by atoms with Crippen molar-refractivity contribution in [2.45, 2.75) is 27.2 Å². The molecule has 0 aromatic heterocycles. The van der Waals surface area contributed by atoms with Gasteiger partial charge in [0.1, 0.15) is 5.75 Å². The molecule has 0 radical (unpaired) electrons. The van der Waals surface area contributed by atoms with Crippen LogP contribution in [-0.2, 0) is 6.42 Å². The Hall–Kier alpha value is -1.02. The predicted molar refractivity (Wildman–Crippen MR) is 64.7 cm³/mol. The van der Waals surface area contributed by atoms with E-state index in [9.17, 15) is 0 Å². The van der Waals surface area contributed by atoms with E-state index in [0.717, 1.165) is 25.3 Å². The van der Waals surface area contributed by atoms with E-state index in [4.69, 9.17) is 4.74 Å². The van der Waals surface area contributed by atoms with Gasteiger partial charge in [0.2, 0.25) is 0 Å². The van der Waals surface area contributed by atoms with Gasteiger partial charge in [-0.25, -0.2) is 0 Å². The van der Waals surface area contributed by atoms with E-state index >= 15 is 0 Å². The highest BCUT2D eigenvalue weighted by molar-refractivity contribution is 5.44. The summed E-state index contributed by atoms with van der Waals surface area (Å²) in [7, 11) is 1.98. The third kappa shape index (κ3) is 3.24. The molecule has 1 aromatic carbocycles. The second kappa shape index (κ2) is 5.76. The minimum absolute atomic E-state index is 0.733. The molecule has 0 spiro atoms. The first-order valence-corrected chi connectivity index (χ1v) is 5.56. The molecule has 1 aromatic rings. The molecule has 84 valence electrons. The van der Waals surface area contributed by atoms with Crippen molar-refractivity contribution in [2.24, 2.45) is 0 Å². The molecule has 0 aliphatic rings. The molecule has 0 heterocycles. The number of ether oxygens (including phenoxy) is 1. The van der Waals surface area contributed by atoms with E-state index < -0.39 is 0 Å². The van der Waals surface area contributed by atoms with Crippen LogP contribution < -0.4 is 10.1 Å². The first kappa shape index (κ1) is 12.1. The van der Waals surface area contributed by atoms with Gasteiger partial charge in [-0.15, -0.1) is 0 Å². The van der Waals surface area contributed by atoms with Crippen molar-refractivity contribution in [3.05, 3.63) is 28.8 Å². The second-order valence-electron chi connectivity index (χ2n) is 3.86. The van der Waals surface area contributed by atoms with Gasteiger partial charge in [0.15, 0.2) is 0 Å². The van der Waals surface area contributed by atoms with Crippen molar-refractivity contribution in [2.75, 3.05) is 20.2 Å². The molecule has 0 saturated carbocycles. The Bertz CT molecular complexity index is 321. The molecule has 0 amide bonds. The molecule has 1 N–H and O–H groups in total. The summed E-state index contributed by atoms with van der Waals surface area (Å²) < 4.78 is 5.69. The van der Waals surface area contributed by atoms with Crippen LogP contribution in [0.5, 0.6) is 5.75 Å². The van der Waals surface area contributed by atoms with Crippen LogP contribution in [0.3, 0.4) is 0 Å². The van der Waals surface area contributed by atoms with Crippen LogP contribution in [0.1, 0.15) is 23.6 Å². The number of hydrogen-bond donors (Lipinski definition) is 1. The molecule has 0 fully saturated rings. The Balaban J connectivity index is 2.97. The summed E-state index contributed by atoms with van der Waals surface area (Å²) in [6.45, 7) is 7.99. The lowest BCUT2D eigenvalue weighted by Gasteiger charge is -2.14. The first-order valence-electron chi connectivity index (χ1n) is 5.56. The first-order chi connectivity index (χ1) is 7.19. The third-order valence-electron chi connectivity index (χ3n) is 2.43. The Labute approximate surface area is 92.6 Å². The van der Waals surface area contributed by atoms with Crippen molar-refractivity contribution in [3.8, 4) is 5.75 Å². The molecule has 2 heteroatoms. The summed E-state index contributed by atoms with van der Waals surface area (Å²) in [4.78, 5) is 0. The van der Waals surface area contributed by atoms with Crippen molar-refractivity contribution in [1.82, 2.24) is 5.32 Å². The van der Waals surface area contributed by atoms with Crippen molar-refractivity contribution < 1.29 is 4.74 Å². The zero-order valence-corrected chi connectivity index (χ0v) is 10.2. The molecule has 0 aliphatic carbocycles. The lowest BCUT2D eigenvalue weighted by molar-refractivity contribution is 0.334. The number of rotatable bonds is 5. The average Bonchev–Trinajstić information content (AvgIpc) is 2.19. The summed E-state index contributed by atoms with van der Waals surface area (Å²) in [6.07, 6.45) is 1.02. The zero-order valence-electron chi connectivity index (χ0n) is 10.2. The van der Waals surface area contributed by atoms with Gasteiger partial charge in [0.05, 0.1) is 6.61 Å². The fraction of sp³-hybridized carbons (Fsp3) is 0.538. The van der Waals surface area contributed by atoms with Crippen LogP contribution in [0.15, 0.2) is 12.1 Å². The largest absolute Gasteiger partial charge is 0.493 e.